The zero-order chi connectivity index (χ0) is 25.4. The van der Waals surface area contributed by atoms with E-state index in [4.69, 9.17) is 21.3 Å². The number of ether oxygens (including phenoxy) is 1. The molecular formula is C30H26ClN3O3. The average molecular weight is 512 g/mol. The molecule has 0 bridgehead atoms. The van der Waals surface area contributed by atoms with E-state index in [9.17, 15) is 9.59 Å². The van der Waals surface area contributed by atoms with Gasteiger partial charge in [-0.2, -0.15) is 0 Å². The van der Waals surface area contributed by atoms with E-state index in [1.165, 1.54) is 0 Å². The van der Waals surface area contributed by atoms with Gasteiger partial charge >= 0.3 is 0 Å². The van der Waals surface area contributed by atoms with Gasteiger partial charge < -0.3 is 14.6 Å². The molecule has 0 unspecified atom stereocenters. The monoisotopic (exact) mass is 511 g/mol. The Hall–Kier alpha value is -3.90. The fraction of sp³-hybridized carbons (Fsp3) is 0.233. The molecule has 4 aromatic rings. The Labute approximate surface area is 219 Å². The van der Waals surface area contributed by atoms with Crippen LogP contribution in [0.4, 0.5) is 0 Å². The predicted octanol–water partition coefficient (Wildman–Crippen LogP) is 5.88. The topological polar surface area (TPSA) is 75.3 Å². The Morgan fingerprint density at radius 1 is 0.973 bits per heavy atom. The van der Waals surface area contributed by atoms with Crippen molar-refractivity contribution in [3.63, 3.8) is 0 Å². The maximum atomic E-state index is 13.5. The first-order chi connectivity index (χ1) is 18.0. The van der Waals surface area contributed by atoms with Gasteiger partial charge in [0.2, 0.25) is 0 Å². The van der Waals surface area contributed by atoms with Crippen LogP contribution in [0.5, 0.6) is 11.5 Å². The molecule has 1 N–H and O–H groups in total. The number of carbonyl (C=O) groups is 1. The average Bonchev–Trinajstić information content (AvgIpc) is 3.74. The van der Waals surface area contributed by atoms with Crippen molar-refractivity contribution >= 4 is 17.5 Å². The van der Waals surface area contributed by atoms with Crippen molar-refractivity contribution in [3.8, 4) is 11.5 Å². The largest absolute Gasteiger partial charge is 0.457 e. The number of hydrogen-bond acceptors (Lipinski definition) is 4. The summed E-state index contributed by atoms with van der Waals surface area (Å²) in [7, 11) is 0. The lowest BCUT2D eigenvalue weighted by molar-refractivity contribution is 0.0745. The van der Waals surface area contributed by atoms with Crippen LogP contribution in [0.15, 0.2) is 83.7 Å². The molecule has 1 aliphatic carbocycles. The van der Waals surface area contributed by atoms with Gasteiger partial charge in [-0.25, -0.2) is 4.98 Å². The summed E-state index contributed by atoms with van der Waals surface area (Å²) in [6.07, 6.45) is 3.22. The van der Waals surface area contributed by atoms with Crippen molar-refractivity contribution in [3.05, 3.63) is 122 Å². The van der Waals surface area contributed by atoms with Crippen molar-refractivity contribution in [1.82, 2.24) is 14.9 Å². The van der Waals surface area contributed by atoms with Gasteiger partial charge in [0.1, 0.15) is 17.3 Å². The summed E-state index contributed by atoms with van der Waals surface area (Å²) in [4.78, 5) is 36.5. The first-order valence-electron chi connectivity index (χ1n) is 12.5. The Bertz CT molecular complexity index is 1530. The number of nitrogens with one attached hydrogen (secondary N) is 1. The molecule has 3 aromatic carbocycles. The highest BCUT2D eigenvalue weighted by atomic mass is 35.5. The minimum Gasteiger partial charge on any atom is -0.457 e. The zero-order valence-corrected chi connectivity index (χ0v) is 21.0. The van der Waals surface area contributed by atoms with Crippen LogP contribution in [0.3, 0.4) is 0 Å². The highest BCUT2D eigenvalue weighted by molar-refractivity contribution is 6.30. The summed E-state index contributed by atoms with van der Waals surface area (Å²) in [5, 5.41) is 0.674. The number of H-pyrrole nitrogens is 1. The van der Waals surface area contributed by atoms with E-state index in [2.05, 4.69) is 4.98 Å². The van der Waals surface area contributed by atoms with Gasteiger partial charge in [-0.1, -0.05) is 48.0 Å². The number of carbonyl (C=O) groups excluding carboxylic acids is 1. The molecular weight excluding hydrogens is 486 g/mol. The molecule has 2 heterocycles. The molecule has 0 atom stereocenters. The summed E-state index contributed by atoms with van der Waals surface area (Å²) < 4.78 is 5.91. The Kier molecular flexibility index (Phi) is 6.05. The molecule has 7 heteroatoms. The van der Waals surface area contributed by atoms with Gasteiger partial charge in [0.15, 0.2) is 0 Å². The van der Waals surface area contributed by atoms with E-state index in [0.717, 1.165) is 30.5 Å². The molecule has 0 radical (unpaired) electrons. The molecule has 1 aliphatic heterocycles. The molecule has 2 aliphatic rings. The van der Waals surface area contributed by atoms with E-state index in [-0.39, 0.29) is 23.4 Å². The van der Waals surface area contributed by atoms with Gasteiger partial charge in [0.05, 0.1) is 23.2 Å². The van der Waals surface area contributed by atoms with Crippen LogP contribution in [0, 0.1) is 0 Å². The van der Waals surface area contributed by atoms with Crippen LogP contribution < -0.4 is 10.3 Å². The van der Waals surface area contributed by atoms with Crippen LogP contribution in [0.1, 0.15) is 52.3 Å². The van der Waals surface area contributed by atoms with Crippen LogP contribution in [0.25, 0.3) is 0 Å². The zero-order valence-electron chi connectivity index (χ0n) is 20.2. The SMILES string of the molecule is O=C(c1cccc(Oc2ccccc2)c1)N1CCCc2nc(C3(c4cccc(Cl)c4)CC3)[nH]c(=O)c2C1. The number of aromatic amines is 1. The quantitative estimate of drug-likeness (QED) is 0.363. The standard InChI is InChI=1S/C30H26ClN3O3/c31-22-9-5-8-21(18-22)30(14-15-30)29-32-26-13-6-16-34(19-25(26)27(35)33-29)28(36)20-7-4-12-24(17-20)37-23-10-2-1-3-11-23/h1-5,7-12,17-18H,6,13-16,19H2,(H,32,33,35). The Morgan fingerprint density at radius 3 is 2.54 bits per heavy atom. The molecule has 1 amide bonds. The smallest absolute Gasteiger partial charge is 0.256 e. The van der Waals surface area contributed by atoms with Gasteiger partial charge in [0.25, 0.3) is 11.5 Å². The maximum absolute atomic E-state index is 13.5. The number of nitrogens with zero attached hydrogens (tertiary/aromatic N) is 2. The maximum Gasteiger partial charge on any atom is 0.256 e. The second-order valence-corrected chi connectivity index (χ2v) is 10.1. The Balaban J connectivity index is 1.25. The van der Waals surface area contributed by atoms with Crippen molar-refractivity contribution in [2.75, 3.05) is 6.54 Å². The first-order valence-corrected chi connectivity index (χ1v) is 12.9. The second kappa shape index (κ2) is 9.52. The number of aromatic nitrogens is 2. The van der Waals surface area contributed by atoms with Crippen LogP contribution in [-0.2, 0) is 18.4 Å². The number of aryl methyl sites for hydroxylation is 1. The molecule has 0 saturated heterocycles. The molecule has 6 rings (SSSR count). The van der Waals surface area contributed by atoms with Gasteiger partial charge in [-0.05, 0) is 73.7 Å². The van der Waals surface area contributed by atoms with Crippen LogP contribution in [-0.4, -0.2) is 27.3 Å². The minimum absolute atomic E-state index is 0.132. The fourth-order valence-corrected chi connectivity index (χ4v) is 5.28. The van der Waals surface area contributed by atoms with E-state index in [1.807, 2.05) is 66.7 Å². The number of fused-ring (bicyclic) bond motifs is 1. The Morgan fingerprint density at radius 2 is 1.76 bits per heavy atom. The van der Waals surface area contributed by atoms with Gasteiger partial charge in [-0.3, -0.25) is 9.59 Å². The summed E-state index contributed by atoms with van der Waals surface area (Å²) >= 11 is 6.24. The van der Waals surface area contributed by atoms with E-state index in [1.54, 1.807) is 17.0 Å². The number of benzene rings is 3. The third-order valence-electron chi connectivity index (χ3n) is 7.22. The molecule has 186 valence electrons. The molecule has 1 aromatic heterocycles. The molecule has 6 nitrogen and oxygen atoms in total. The third kappa shape index (κ3) is 4.65. The summed E-state index contributed by atoms with van der Waals surface area (Å²) in [6, 6.07) is 24.4. The molecule has 1 fully saturated rings. The number of rotatable bonds is 5. The second-order valence-electron chi connectivity index (χ2n) is 9.71. The lowest BCUT2D eigenvalue weighted by Gasteiger charge is -2.21. The number of amides is 1. The van der Waals surface area contributed by atoms with Crippen molar-refractivity contribution in [2.45, 2.75) is 37.6 Å². The number of halogens is 1. The van der Waals surface area contributed by atoms with Crippen LogP contribution >= 0.6 is 11.6 Å². The minimum atomic E-state index is -0.292. The third-order valence-corrected chi connectivity index (χ3v) is 7.45. The number of para-hydroxylation sites is 1. The van der Waals surface area contributed by atoms with Crippen molar-refractivity contribution in [2.24, 2.45) is 0 Å². The summed E-state index contributed by atoms with van der Waals surface area (Å²) in [5.41, 5.74) is 2.48. The van der Waals surface area contributed by atoms with E-state index >= 15 is 0 Å². The molecule has 37 heavy (non-hydrogen) atoms. The highest BCUT2D eigenvalue weighted by Gasteiger charge is 2.48. The summed E-state index contributed by atoms with van der Waals surface area (Å²) in [6.45, 7) is 0.776. The number of hydrogen-bond donors (Lipinski definition) is 1. The lowest BCUT2D eigenvalue weighted by Crippen LogP contribution is -2.33. The molecule has 0 spiro atoms. The predicted molar refractivity (Wildman–Crippen MR) is 142 cm³/mol. The fourth-order valence-electron chi connectivity index (χ4n) is 5.09. The van der Waals surface area contributed by atoms with Crippen molar-refractivity contribution in [1.29, 1.82) is 0 Å². The summed E-state index contributed by atoms with van der Waals surface area (Å²) in [5.74, 6) is 1.86. The van der Waals surface area contributed by atoms with Gasteiger partial charge in [0, 0.05) is 17.1 Å². The lowest BCUT2D eigenvalue weighted by atomic mass is 9.94. The van der Waals surface area contributed by atoms with Crippen LogP contribution in [0.2, 0.25) is 5.02 Å². The van der Waals surface area contributed by atoms with E-state index < -0.39 is 0 Å². The first kappa shape index (κ1) is 23.5. The van der Waals surface area contributed by atoms with Gasteiger partial charge in [-0.15, -0.1) is 0 Å². The normalized spacial score (nSPS) is 16.0. The van der Waals surface area contributed by atoms with Crippen molar-refractivity contribution < 1.29 is 9.53 Å². The van der Waals surface area contributed by atoms with E-state index in [0.29, 0.717) is 46.4 Å². The molecule has 1 saturated carbocycles. The highest BCUT2D eigenvalue weighted by Crippen LogP contribution is 2.52.